The van der Waals surface area contributed by atoms with Gasteiger partial charge in [0.1, 0.15) is 0 Å². The number of hydrogen-bond donors (Lipinski definition) is 2. The van der Waals surface area contributed by atoms with Crippen LogP contribution in [0.3, 0.4) is 0 Å². The van der Waals surface area contributed by atoms with Crippen molar-refractivity contribution in [3.63, 3.8) is 0 Å². The number of benzene rings is 1. The maximum atomic E-state index is 12.4. The first-order valence-electron chi connectivity index (χ1n) is 6.04. The van der Waals surface area contributed by atoms with Crippen molar-refractivity contribution < 1.29 is 8.42 Å². The Morgan fingerprint density at radius 3 is 2.32 bits per heavy atom. The second kappa shape index (κ2) is 5.91. The molecule has 0 spiro atoms. The van der Waals surface area contributed by atoms with Crippen molar-refractivity contribution in [1.82, 2.24) is 10.0 Å². The minimum Gasteiger partial charge on any atom is -0.316 e. The van der Waals surface area contributed by atoms with Gasteiger partial charge in [0.05, 0.1) is 4.90 Å². The molecule has 6 heteroatoms. The summed E-state index contributed by atoms with van der Waals surface area (Å²) in [5, 5.41) is 3.02. The number of hydrogen-bond acceptors (Lipinski definition) is 3. The molecule has 4 nitrogen and oxygen atoms in total. The normalized spacial score (nSPS) is 12.7. The van der Waals surface area contributed by atoms with E-state index >= 15 is 0 Å². The van der Waals surface area contributed by atoms with E-state index in [2.05, 4.69) is 26.0 Å². The number of halogens is 1. The van der Waals surface area contributed by atoms with Crippen LogP contribution in [-0.2, 0) is 16.6 Å². The van der Waals surface area contributed by atoms with Gasteiger partial charge in [-0.25, -0.2) is 13.1 Å². The van der Waals surface area contributed by atoms with E-state index in [9.17, 15) is 8.42 Å². The fourth-order valence-corrected chi connectivity index (χ4v) is 4.12. The lowest BCUT2D eigenvalue weighted by atomic mass is 10.1. The standard InChI is InChI=1S/C13H21BrN2O2S/c1-9-11(14)6-10(8-15-5)7-12(9)19(17,18)16-13(2,3)4/h6-7,15-16H,8H2,1-5H3. The van der Waals surface area contributed by atoms with Crippen molar-refractivity contribution in [2.75, 3.05) is 7.05 Å². The Hall–Kier alpha value is -0.430. The van der Waals surface area contributed by atoms with E-state index < -0.39 is 15.6 Å². The summed E-state index contributed by atoms with van der Waals surface area (Å²) in [5.74, 6) is 0. The number of sulfonamides is 1. The molecule has 0 atom stereocenters. The summed E-state index contributed by atoms with van der Waals surface area (Å²) in [6, 6.07) is 3.65. The van der Waals surface area contributed by atoms with Gasteiger partial charge in [-0.1, -0.05) is 15.9 Å². The van der Waals surface area contributed by atoms with Crippen LogP contribution in [0.25, 0.3) is 0 Å². The van der Waals surface area contributed by atoms with Gasteiger partial charge >= 0.3 is 0 Å². The van der Waals surface area contributed by atoms with E-state index in [0.29, 0.717) is 11.4 Å². The van der Waals surface area contributed by atoms with Crippen LogP contribution in [0, 0.1) is 6.92 Å². The Labute approximate surface area is 124 Å². The third kappa shape index (κ3) is 4.56. The molecule has 0 heterocycles. The zero-order valence-corrected chi connectivity index (χ0v) is 14.4. The van der Waals surface area contributed by atoms with Crippen LogP contribution in [0.2, 0.25) is 0 Å². The molecule has 0 aliphatic heterocycles. The van der Waals surface area contributed by atoms with E-state index in [1.807, 2.05) is 33.9 Å². The minimum absolute atomic E-state index is 0.321. The van der Waals surface area contributed by atoms with E-state index in [-0.39, 0.29) is 0 Å². The fourth-order valence-electron chi connectivity index (χ4n) is 1.75. The summed E-state index contributed by atoms with van der Waals surface area (Å²) in [5.41, 5.74) is 1.14. The largest absolute Gasteiger partial charge is 0.316 e. The molecule has 0 aliphatic rings. The predicted octanol–water partition coefficient (Wildman–Crippen LogP) is 2.55. The van der Waals surface area contributed by atoms with Crippen molar-refractivity contribution >= 4 is 26.0 Å². The van der Waals surface area contributed by atoms with Crippen LogP contribution in [0.1, 0.15) is 31.9 Å². The molecule has 0 unspecified atom stereocenters. The summed E-state index contributed by atoms with van der Waals surface area (Å²) in [4.78, 5) is 0.321. The zero-order chi connectivity index (χ0) is 14.8. The third-order valence-corrected chi connectivity index (χ3v) is 5.18. The molecule has 1 aromatic carbocycles. The summed E-state index contributed by atoms with van der Waals surface area (Å²) in [7, 11) is -1.69. The van der Waals surface area contributed by atoms with Gasteiger partial charge in [0.15, 0.2) is 0 Å². The first-order valence-corrected chi connectivity index (χ1v) is 8.32. The molecule has 0 radical (unpaired) electrons. The smallest absolute Gasteiger partial charge is 0.241 e. The Balaban J connectivity index is 3.33. The van der Waals surface area contributed by atoms with E-state index in [1.165, 1.54) is 0 Å². The van der Waals surface area contributed by atoms with E-state index in [0.717, 1.165) is 15.6 Å². The van der Waals surface area contributed by atoms with Gasteiger partial charge in [0.25, 0.3) is 0 Å². The summed E-state index contributed by atoms with van der Waals surface area (Å²) >= 11 is 3.42. The topological polar surface area (TPSA) is 58.2 Å². The highest BCUT2D eigenvalue weighted by atomic mass is 79.9. The molecule has 0 amide bonds. The van der Waals surface area contributed by atoms with Crippen molar-refractivity contribution in [1.29, 1.82) is 0 Å². The molecule has 19 heavy (non-hydrogen) atoms. The van der Waals surface area contributed by atoms with E-state index in [4.69, 9.17) is 0 Å². The average molecular weight is 349 g/mol. The molecule has 1 rings (SSSR count). The molecular weight excluding hydrogens is 328 g/mol. The second-order valence-electron chi connectivity index (χ2n) is 5.59. The molecule has 1 aromatic rings. The quantitative estimate of drug-likeness (QED) is 0.878. The van der Waals surface area contributed by atoms with Crippen molar-refractivity contribution in [3.05, 3.63) is 27.7 Å². The highest BCUT2D eigenvalue weighted by Crippen LogP contribution is 2.26. The van der Waals surface area contributed by atoms with Crippen LogP contribution in [0.15, 0.2) is 21.5 Å². The fraction of sp³-hybridized carbons (Fsp3) is 0.538. The predicted molar refractivity (Wildman–Crippen MR) is 81.7 cm³/mol. The van der Waals surface area contributed by atoms with E-state index in [1.54, 1.807) is 13.0 Å². The molecule has 2 N–H and O–H groups in total. The lowest BCUT2D eigenvalue weighted by Gasteiger charge is -2.22. The Kier molecular flexibility index (Phi) is 5.17. The molecule has 108 valence electrons. The molecule has 0 aliphatic carbocycles. The second-order valence-corrected chi connectivity index (χ2v) is 8.09. The SMILES string of the molecule is CNCc1cc(Br)c(C)c(S(=O)(=O)NC(C)(C)C)c1. The third-order valence-electron chi connectivity index (χ3n) is 2.47. The molecule has 0 fully saturated rings. The van der Waals surface area contributed by atoms with Crippen molar-refractivity contribution in [2.45, 2.75) is 44.7 Å². The van der Waals surface area contributed by atoms with Crippen LogP contribution >= 0.6 is 15.9 Å². The molecule has 0 aromatic heterocycles. The van der Waals surface area contributed by atoms with Crippen molar-refractivity contribution in [3.8, 4) is 0 Å². The van der Waals surface area contributed by atoms with Gasteiger partial charge in [-0.2, -0.15) is 0 Å². The first kappa shape index (κ1) is 16.6. The van der Waals surface area contributed by atoms with Crippen LogP contribution in [0.4, 0.5) is 0 Å². The lowest BCUT2D eigenvalue weighted by molar-refractivity contribution is 0.491. The summed E-state index contributed by atoms with van der Waals surface area (Å²) in [6.07, 6.45) is 0. The number of nitrogens with one attached hydrogen (secondary N) is 2. The summed E-state index contributed by atoms with van der Waals surface area (Å²) in [6.45, 7) is 7.90. The number of rotatable bonds is 4. The zero-order valence-electron chi connectivity index (χ0n) is 12.0. The average Bonchev–Trinajstić information content (AvgIpc) is 2.19. The maximum absolute atomic E-state index is 12.4. The Morgan fingerprint density at radius 2 is 1.84 bits per heavy atom. The molecule has 0 saturated heterocycles. The molecule has 0 bridgehead atoms. The van der Waals surface area contributed by atoms with Gasteiger partial charge in [-0.3, -0.25) is 0 Å². The van der Waals surface area contributed by atoms with Gasteiger partial charge in [-0.05, 0) is 58.0 Å². The van der Waals surface area contributed by atoms with Crippen LogP contribution < -0.4 is 10.0 Å². The highest BCUT2D eigenvalue weighted by Gasteiger charge is 2.24. The molecule has 0 saturated carbocycles. The van der Waals surface area contributed by atoms with Gasteiger partial charge in [0.2, 0.25) is 10.0 Å². The Bertz CT molecular complexity index is 563. The maximum Gasteiger partial charge on any atom is 0.241 e. The van der Waals surface area contributed by atoms with Gasteiger partial charge < -0.3 is 5.32 Å². The van der Waals surface area contributed by atoms with Crippen molar-refractivity contribution in [2.24, 2.45) is 0 Å². The Morgan fingerprint density at radius 1 is 1.26 bits per heavy atom. The summed E-state index contributed by atoms with van der Waals surface area (Å²) < 4.78 is 28.3. The highest BCUT2D eigenvalue weighted by molar-refractivity contribution is 9.10. The first-order chi connectivity index (χ1) is 8.57. The lowest BCUT2D eigenvalue weighted by Crippen LogP contribution is -2.40. The van der Waals surface area contributed by atoms with Gasteiger partial charge in [-0.15, -0.1) is 0 Å². The monoisotopic (exact) mass is 348 g/mol. The minimum atomic E-state index is -3.52. The molecular formula is C13H21BrN2O2S. The van der Waals surface area contributed by atoms with Crippen LogP contribution in [0.5, 0.6) is 0 Å². The van der Waals surface area contributed by atoms with Gasteiger partial charge in [0, 0.05) is 16.6 Å². The van der Waals surface area contributed by atoms with Crippen LogP contribution in [-0.4, -0.2) is 21.0 Å².